The van der Waals surface area contributed by atoms with Gasteiger partial charge in [0.15, 0.2) is 0 Å². The minimum absolute atomic E-state index is 0.000551. The summed E-state index contributed by atoms with van der Waals surface area (Å²) in [5, 5.41) is 3.69. The van der Waals surface area contributed by atoms with Gasteiger partial charge in [0.2, 0.25) is 0 Å². The van der Waals surface area contributed by atoms with Crippen molar-refractivity contribution in [2.45, 2.75) is 25.4 Å². The molecule has 1 atom stereocenters. The van der Waals surface area contributed by atoms with Crippen molar-refractivity contribution in [2.24, 2.45) is 0 Å². The Kier molecular flexibility index (Phi) is 5.39. The van der Waals surface area contributed by atoms with Crippen LogP contribution in [0.1, 0.15) is 30.0 Å². The van der Waals surface area contributed by atoms with Crippen molar-refractivity contribution in [1.29, 1.82) is 0 Å². The lowest BCUT2D eigenvalue weighted by Gasteiger charge is -2.26. The highest BCUT2D eigenvalue weighted by atomic mass is 35.5. The summed E-state index contributed by atoms with van der Waals surface area (Å²) in [5.74, 6) is 0. The van der Waals surface area contributed by atoms with E-state index in [1.165, 1.54) is 0 Å². The van der Waals surface area contributed by atoms with Crippen LogP contribution in [0, 0.1) is 0 Å². The molecule has 3 amide bonds. The van der Waals surface area contributed by atoms with E-state index in [0.717, 1.165) is 29.7 Å². The van der Waals surface area contributed by atoms with Crippen LogP contribution < -0.4 is 10.2 Å². The first kappa shape index (κ1) is 18.6. The minimum atomic E-state index is -0.333. The molecule has 2 aliphatic rings. The van der Waals surface area contributed by atoms with Crippen LogP contribution in [-0.2, 0) is 11.3 Å². The van der Waals surface area contributed by atoms with Gasteiger partial charge in [-0.05, 0) is 42.2 Å². The zero-order valence-electron chi connectivity index (χ0n) is 15.4. The number of amides is 3. The van der Waals surface area contributed by atoms with Gasteiger partial charge in [-0.2, -0.15) is 0 Å². The molecule has 0 bridgehead atoms. The molecule has 0 saturated carbocycles. The first-order chi connectivity index (χ1) is 13.6. The van der Waals surface area contributed by atoms with Crippen LogP contribution >= 0.6 is 11.6 Å². The Labute approximate surface area is 169 Å². The Balaban J connectivity index is 1.42. The van der Waals surface area contributed by atoms with Gasteiger partial charge in [-0.15, -0.1) is 0 Å². The van der Waals surface area contributed by atoms with Gasteiger partial charge in [-0.3, -0.25) is 4.90 Å². The van der Waals surface area contributed by atoms with Crippen LogP contribution in [0.4, 0.5) is 15.3 Å². The second-order valence-electron chi connectivity index (χ2n) is 6.97. The number of hydrogen-bond donors (Lipinski definition) is 1. The van der Waals surface area contributed by atoms with Gasteiger partial charge < -0.3 is 15.0 Å². The molecule has 146 valence electrons. The summed E-state index contributed by atoms with van der Waals surface area (Å²) in [4.78, 5) is 28.0. The highest BCUT2D eigenvalue weighted by Gasteiger charge is 2.31. The predicted octanol–water partition coefficient (Wildman–Crippen LogP) is 4.34. The molecule has 6 nitrogen and oxygen atoms in total. The molecule has 0 aromatic heterocycles. The summed E-state index contributed by atoms with van der Waals surface area (Å²) in [5.41, 5.74) is 2.70. The summed E-state index contributed by atoms with van der Waals surface area (Å²) in [6.07, 6.45) is 1.53. The number of halogens is 1. The van der Waals surface area contributed by atoms with Gasteiger partial charge in [0, 0.05) is 23.8 Å². The zero-order chi connectivity index (χ0) is 19.5. The Hall–Kier alpha value is -2.73. The third kappa shape index (κ3) is 3.78. The smallest absolute Gasteiger partial charge is 0.414 e. The SMILES string of the molecule is O=C1OCCN1c1cccc(CNC(=O)N2CCCC2c2ccccc2Cl)c1. The van der Waals surface area contributed by atoms with E-state index in [2.05, 4.69) is 5.32 Å². The Bertz CT molecular complexity index is 889. The van der Waals surface area contributed by atoms with Crippen LogP contribution in [0.2, 0.25) is 5.02 Å². The van der Waals surface area contributed by atoms with E-state index in [1.54, 1.807) is 4.90 Å². The van der Waals surface area contributed by atoms with Crippen LogP contribution in [-0.4, -0.2) is 36.7 Å². The summed E-state index contributed by atoms with van der Waals surface area (Å²) >= 11 is 6.34. The van der Waals surface area contributed by atoms with Crippen molar-refractivity contribution in [3.05, 3.63) is 64.7 Å². The van der Waals surface area contributed by atoms with Gasteiger partial charge in [0.25, 0.3) is 0 Å². The fraction of sp³-hybridized carbons (Fsp3) is 0.333. The van der Waals surface area contributed by atoms with E-state index in [4.69, 9.17) is 16.3 Å². The Morgan fingerprint density at radius 3 is 2.82 bits per heavy atom. The number of ether oxygens (including phenoxy) is 1. The number of likely N-dealkylation sites (tertiary alicyclic amines) is 1. The number of urea groups is 1. The van der Waals surface area contributed by atoms with E-state index in [0.29, 0.717) is 31.3 Å². The highest BCUT2D eigenvalue weighted by Crippen LogP contribution is 2.35. The molecule has 4 rings (SSSR count). The standard InChI is InChI=1S/C21H22ClN3O3/c22-18-8-2-1-7-17(18)19-9-4-10-25(19)20(26)23-14-15-5-3-6-16(13-15)24-11-12-28-21(24)27/h1-3,5-8,13,19H,4,9-12,14H2,(H,23,26). The van der Waals surface area contributed by atoms with Crippen molar-refractivity contribution < 1.29 is 14.3 Å². The van der Waals surface area contributed by atoms with Crippen molar-refractivity contribution in [1.82, 2.24) is 10.2 Å². The Morgan fingerprint density at radius 1 is 1.18 bits per heavy atom. The molecular formula is C21H22ClN3O3. The molecule has 2 aromatic rings. The third-order valence-electron chi connectivity index (χ3n) is 5.20. The maximum atomic E-state index is 12.8. The minimum Gasteiger partial charge on any atom is -0.447 e. The number of rotatable bonds is 4. The zero-order valence-corrected chi connectivity index (χ0v) is 16.2. The second-order valence-corrected chi connectivity index (χ2v) is 7.37. The van der Waals surface area contributed by atoms with E-state index >= 15 is 0 Å². The average Bonchev–Trinajstić information content (AvgIpc) is 3.36. The predicted molar refractivity (Wildman–Crippen MR) is 108 cm³/mol. The molecule has 2 saturated heterocycles. The number of hydrogen-bond acceptors (Lipinski definition) is 3. The first-order valence-corrected chi connectivity index (χ1v) is 9.83. The molecule has 2 aromatic carbocycles. The number of benzene rings is 2. The molecule has 0 aliphatic carbocycles. The van der Waals surface area contributed by atoms with Crippen molar-refractivity contribution >= 4 is 29.4 Å². The van der Waals surface area contributed by atoms with E-state index < -0.39 is 0 Å². The van der Waals surface area contributed by atoms with Crippen LogP contribution in [0.3, 0.4) is 0 Å². The lowest BCUT2D eigenvalue weighted by atomic mass is 10.0. The lowest BCUT2D eigenvalue weighted by molar-refractivity contribution is 0.181. The van der Waals surface area contributed by atoms with Gasteiger partial charge in [0.1, 0.15) is 6.61 Å². The average molecular weight is 400 g/mol. The van der Waals surface area contributed by atoms with Crippen molar-refractivity contribution in [3.8, 4) is 0 Å². The third-order valence-corrected chi connectivity index (χ3v) is 5.55. The molecule has 2 heterocycles. The van der Waals surface area contributed by atoms with Gasteiger partial charge in [-0.25, -0.2) is 9.59 Å². The molecule has 2 aliphatic heterocycles. The molecule has 1 N–H and O–H groups in total. The monoisotopic (exact) mass is 399 g/mol. The van der Waals surface area contributed by atoms with E-state index in [1.807, 2.05) is 53.4 Å². The van der Waals surface area contributed by atoms with Gasteiger partial charge >= 0.3 is 12.1 Å². The molecule has 2 fully saturated rings. The number of anilines is 1. The van der Waals surface area contributed by atoms with Crippen LogP contribution in [0.5, 0.6) is 0 Å². The molecule has 7 heteroatoms. The van der Waals surface area contributed by atoms with E-state index in [9.17, 15) is 9.59 Å². The number of carbonyl (C=O) groups excluding carboxylic acids is 2. The first-order valence-electron chi connectivity index (χ1n) is 9.45. The highest BCUT2D eigenvalue weighted by molar-refractivity contribution is 6.31. The molecular weight excluding hydrogens is 378 g/mol. The normalized spacial score (nSPS) is 19.0. The number of carbonyl (C=O) groups is 2. The summed E-state index contributed by atoms with van der Waals surface area (Å²) < 4.78 is 4.99. The van der Waals surface area contributed by atoms with Gasteiger partial charge in [-0.1, -0.05) is 41.9 Å². The van der Waals surface area contributed by atoms with Crippen molar-refractivity contribution in [3.63, 3.8) is 0 Å². The van der Waals surface area contributed by atoms with Crippen molar-refractivity contribution in [2.75, 3.05) is 24.6 Å². The number of cyclic esters (lactones) is 1. The lowest BCUT2D eigenvalue weighted by Crippen LogP contribution is -2.39. The number of nitrogens with one attached hydrogen (secondary N) is 1. The van der Waals surface area contributed by atoms with E-state index in [-0.39, 0.29) is 18.2 Å². The molecule has 0 radical (unpaired) electrons. The maximum absolute atomic E-state index is 12.8. The topological polar surface area (TPSA) is 61.9 Å². The maximum Gasteiger partial charge on any atom is 0.414 e. The van der Waals surface area contributed by atoms with Crippen LogP contribution in [0.25, 0.3) is 0 Å². The summed E-state index contributed by atoms with van der Waals surface area (Å²) in [6, 6.07) is 15.2. The molecule has 1 unspecified atom stereocenters. The van der Waals surface area contributed by atoms with Crippen LogP contribution in [0.15, 0.2) is 48.5 Å². The summed E-state index contributed by atoms with van der Waals surface area (Å²) in [6.45, 7) is 2.04. The second kappa shape index (κ2) is 8.10. The fourth-order valence-corrected chi connectivity index (χ4v) is 4.08. The Morgan fingerprint density at radius 2 is 2.04 bits per heavy atom. The van der Waals surface area contributed by atoms with Gasteiger partial charge in [0.05, 0.1) is 12.6 Å². The molecule has 28 heavy (non-hydrogen) atoms. The fourth-order valence-electron chi connectivity index (χ4n) is 3.82. The quantitative estimate of drug-likeness (QED) is 0.831. The largest absolute Gasteiger partial charge is 0.447 e. The number of nitrogens with zero attached hydrogens (tertiary/aromatic N) is 2. The molecule has 0 spiro atoms. The summed E-state index contributed by atoms with van der Waals surface area (Å²) in [7, 11) is 0.